The van der Waals surface area contributed by atoms with Gasteiger partial charge in [-0.05, 0) is 42.2 Å². The predicted octanol–water partition coefficient (Wildman–Crippen LogP) is 3.69. The van der Waals surface area contributed by atoms with E-state index in [1.165, 1.54) is 16.5 Å². The number of carbonyl (C=O) groups excluding carboxylic acids is 2. The summed E-state index contributed by atoms with van der Waals surface area (Å²) < 4.78 is 2.09. The Morgan fingerprint density at radius 3 is 2.57 bits per heavy atom. The lowest BCUT2D eigenvalue weighted by Crippen LogP contribution is -2.46. The van der Waals surface area contributed by atoms with Crippen LogP contribution in [0.3, 0.4) is 0 Å². The van der Waals surface area contributed by atoms with Gasteiger partial charge in [0.25, 0.3) is 0 Å². The van der Waals surface area contributed by atoms with Gasteiger partial charge in [-0.2, -0.15) is 0 Å². The van der Waals surface area contributed by atoms with Crippen LogP contribution in [-0.4, -0.2) is 16.5 Å². The maximum Gasteiger partial charge on any atom is 0.333 e. The number of hydrazine groups is 1. The van der Waals surface area contributed by atoms with Crippen LogP contribution in [0, 0.1) is 0 Å². The lowest BCUT2D eigenvalue weighted by atomic mass is 10.1. The highest BCUT2D eigenvalue weighted by atomic mass is 35.5. The molecular formula is C21H23ClN4O2. The van der Waals surface area contributed by atoms with E-state index in [9.17, 15) is 9.59 Å². The monoisotopic (exact) mass is 398 g/mol. The fourth-order valence-corrected chi connectivity index (χ4v) is 3.21. The first-order chi connectivity index (χ1) is 13.5. The van der Waals surface area contributed by atoms with Crippen molar-refractivity contribution in [1.29, 1.82) is 0 Å². The molecule has 0 bridgehead atoms. The molecule has 0 radical (unpaired) electrons. The van der Waals surface area contributed by atoms with Crippen molar-refractivity contribution in [3.05, 3.63) is 70.9 Å². The SMILES string of the molecule is Cn1cc(CCCC(=O)NNC(=O)NCc2ccc(Cl)cc2)c2ccccc21. The first-order valence-electron chi connectivity index (χ1n) is 9.13. The Morgan fingerprint density at radius 2 is 1.79 bits per heavy atom. The number of nitrogens with one attached hydrogen (secondary N) is 3. The van der Waals surface area contributed by atoms with E-state index in [2.05, 4.69) is 39.1 Å². The van der Waals surface area contributed by atoms with Crippen molar-refractivity contribution >= 4 is 34.4 Å². The number of hydrogen-bond donors (Lipinski definition) is 3. The van der Waals surface area contributed by atoms with Gasteiger partial charge in [0.05, 0.1) is 0 Å². The van der Waals surface area contributed by atoms with Crippen LogP contribution >= 0.6 is 11.6 Å². The molecule has 0 saturated carbocycles. The maximum atomic E-state index is 11.9. The lowest BCUT2D eigenvalue weighted by molar-refractivity contribution is -0.121. The molecule has 3 rings (SSSR count). The average molecular weight is 399 g/mol. The van der Waals surface area contributed by atoms with E-state index >= 15 is 0 Å². The highest BCUT2D eigenvalue weighted by Gasteiger charge is 2.08. The zero-order valence-corrected chi connectivity index (χ0v) is 16.4. The smallest absolute Gasteiger partial charge is 0.333 e. The quantitative estimate of drug-likeness (QED) is 0.554. The fourth-order valence-electron chi connectivity index (χ4n) is 3.08. The number of halogens is 1. The summed E-state index contributed by atoms with van der Waals surface area (Å²) in [6.07, 6.45) is 3.94. The number of rotatable bonds is 6. The topological polar surface area (TPSA) is 75.2 Å². The molecule has 7 heteroatoms. The van der Waals surface area contributed by atoms with Crippen LogP contribution in [-0.2, 0) is 24.8 Å². The molecule has 0 saturated heterocycles. The van der Waals surface area contributed by atoms with Gasteiger partial charge in [-0.25, -0.2) is 10.2 Å². The highest BCUT2D eigenvalue weighted by Crippen LogP contribution is 2.21. The zero-order chi connectivity index (χ0) is 19.9. The van der Waals surface area contributed by atoms with E-state index in [1.54, 1.807) is 12.1 Å². The van der Waals surface area contributed by atoms with Gasteiger partial charge in [-0.15, -0.1) is 0 Å². The summed E-state index contributed by atoms with van der Waals surface area (Å²) in [6.45, 7) is 0.347. The number of hydrogen-bond acceptors (Lipinski definition) is 2. The number of fused-ring (bicyclic) bond motifs is 1. The Kier molecular flexibility index (Phi) is 6.55. The van der Waals surface area contributed by atoms with Crippen molar-refractivity contribution in [1.82, 2.24) is 20.7 Å². The molecule has 0 atom stereocenters. The first kappa shape index (κ1) is 19.8. The van der Waals surface area contributed by atoms with Crippen molar-refractivity contribution < 1.29 is 9.59 Å². The molecule has 0 unspecified atom stereocenters. The van der Waals surface area contributed by atoms with Crippen molar-refractivity contribution in [3.8, 4) is 0 Å². The average Bonchev–Trinajstić information content (AvgIpc) is 3.02. The molecule has 3 N–H and O–H groups in total. The van der Waals surface area contributed by atoms with Gasteiger partial charge in [-0.3, -0.25) is 10.2 Å². The van der Waals surface area contributed by atoms with Crippen LogP contribution in [0.15, 0.2) is 54.7 Å². The third-order valence-electron chi connectivity index (χ3n) is 4.51. The molecule has 3 aromatic rings. The van der Waals surface area contributed by atoms with Gasteiger partial charge in [-0.1, -0.05) is 41.9 Å². The molecule has 0 aliphatic rings. The first-order valence-corrected chi connectivity index (χ1v) is 9.51. The molecule has 28 heavy (non-hydrogen) atoms. The summed E-state index contributed by atoms with van der Waals surface area (Å²) in [5.74, 6) is -0.220. The van der Waals surface area contributed by atoms with Crippen LogP contribution in [0.1, 0.15) is 24.0 Å². The minimum absolute atomic E-state index is 0.220. The second-order valence-corrected chi connectivity index (χ2v) is 7.05. The Labute approximate surface area is 168 Å². The molecule has 0 fully saturated rings. The highest BCUT2D eigenvalue weighted by molar-refractivity contribution is 6.30. The van der Waals surface area contributed by atoms with Gasteiger partial charge >= 0.3 is 6.03 Å². The van der Waals surface area contributed by atoms with Crippen molar-refractivity contribution in [2.24, 2.45) is 7.05 Å². The maximum absolute atomic E-state index is 11.9. The van der Waals surface area contributed by atoms with Crippen LogP contribution in [0.5, 0.6) is 0 Å². The minimum Gasteiger partial charge on any atom is -0.350 e. The fraction of sp³-hybridized carbons (Fsp3) is 0.238. The number of aryl methyl sites for hydroxylation is 2. The Bertz CT molecular complexity index is 966. The van der Waals surface area contributed by atoms with Crippen LogP contribution in [0.25, 0.3) is 10.9 Å². The van der Waals surface area contributed by atoms with Gasteiger partial charge in [0.15, 0.2) is 0 Å². The Balaban J connectivity index is 1.37. The number of para-hydroxylation sites is 1. The largest absolute Gasteiger partial charge is 0.350 e. The zero-order valence-electron chi connectivity index (χ0n) is 15.7. The summed E-state index contributed by atoms with van der Waals surface area (Å²) >= 11 is 5.82. The summed E-state index contributed by atoms with van der Waals surface area (Å²) in [7, 11) is 2.02. The van der Waals surface area contributed by atoms with E-state index in [-0.39, 0.29) is 5.91 Å². The van der Waals surface area contributed by atoms with Crippen LogP contribution < -0.4 is 16.2 Å². The molecule has 2 aromatic carbocycles. The molecule has 0 aliphatic carbocycles. The third-order valence-corrected chi connectivity index (χ3v) is 4.76. The number of aromatic nitrogens is 1. The molecular weight excluding hydrogens is 376 g/mol. The minimum atomic E-state index is -0.461. The molecule has 3 amide bonds. The number of urea groups is 1. The molecule has 6 nitrogen and oxygen atoms in total. The van der Waals surface area contributed by atoms with E-state index in [0.717, 1.165) is 12.0 Å². The summed E-state index contributed by atoms with van der Waals surface area (Å²) in [4.78, 5) is 23.7. The number of carbonyl (C=O) groups is 2. The van der Waals surface area contributed by atoms with E-state index < -0.39 is 6.03 Å². The second kappa shape index (κ2) is 9.28. The van der Waals surface area contributed by atoms with E-state index in [1.807, 2.05) is 31.3 Å². The Morgan fingerprint density at radius 1 is 1.04 bits per heavy atom. The normalized spacial score (nSPS) is 10.6. The van der Waals surface area contributed by atoms with E-state index in [4.69, 9.17) is 11.6 Å². The predicted molar refractivity (Wildman–Crippen MR) is 111 cm³/mol. The van der Waals surface area contributed by atoms with Gasteiger partial charge < -0.3 is 9.88 Å². The lowest BCUT2D eigenvalue weighted by Gasteiger charge is -2.09. The van der Waals surface area contributed by atoms with Gasteiger partial charge in [0.1, 0.15) is 0 Å². The molecule has 0 spiro atoms. The van der Waals surface area contributed by atoms with Crippen molar-refractivity contribution in [2.45, 2.75) is 25.8 Å². The van der Waals surface area contributed by atoms with Crippen LogP contribution in [0.4, 0.5) is 4.79 Å². The number of benzene rings is 2. The summed E-state index contributed by atoms with van der Waals surface area (Å²) in [6, 6.07) is 14.9. The van der Waals surface area contributed by atoms with Gasteiger partial charge in [0.2, 0.25) is 5.91 Å². The molecule has 1 heterocycles. The van der Waals surface area contributed by atoms with Gasteiger partial charge in [0, 0.05) is 42.1 Å². The molecule has 1 aromatic heterocycles. The van der Waals surface area contributed by atoms with Crippen LogP contribution in [0.2, 0.25) is 5.02 Å². The van der Waals surface area contributed by atoms with E-state index in [0.29, 0.717) is 24.4 Å². The van der Waals surface area contributed by atoms with Crippen molar-refractivity contribution in [3.63, 3.8) is 0 Å². The molecule has 146 valence electrons. The Hall–Kier alpha value is -2.99. The standard InChI is InChI=1S/C21H23ClN4O2/c1-26-14-16(18-6-2-3-7-19(18)26)5-4-8-20(27)24-25-21(28)23-13-15-9-11-17(22)12-10-15/h2-3,6-7,9-12,14H,4-5,8,13H2,1H3,(H,24,27)(H2,23,25,28). The number of nitrogens with zero attached hydrogens (tertiary/aromatic N) is 1. The second-order valence-electron chi connectivity index (χ2n) is 6.62. The summed E-state index contributed by atoms with van der Waals surface area (Å²) in [5, 5.41) is 4.52. The third kappa shape index (κ3) is 5.27. The number of amides is 3. The summed E-state index contributed by atoms with van der Waals surface area (Å²) in [5.41, 5.74) is 8.12. The van der Waals surface area contributed by atoms with Crippen molar-refractivity contribution in [2.75, 3.05) is 0 Å². The molecule has 0 aliphatic heterocycles.